The van der Waals surface area contributed by atoms with E-state index >= 15 is 0 Å². The lowest BCUT2D eigenvalue weighted by molar-refractivity contribution is -0.133. The second kappa shape index (κ2) is 6.09. The standard InChI is InChI=1S/C15H22N4O2/c1-4-21-12-9-11(14(12)20-3)16-10(2)15-18-17-13-7-5-6-8-19(13)15/h5-8,10-12,14,16H,4,9H2,1-3H3. The lowest BCUT2D eigenvalue weighted by Crippen LogP contribution is -2.60. The van der Waals surface area contributed by atoms with Crippen LogP contribution < -0.4 is 5.32 Å². The Morgan fingerprint density at radius 2 is 2.29 bits per heavy atom. The van der Waals surface area contributed by atoms with Gasteiger partial charge in [-0.1, -0.05) is 6.07 Å². The Balaban J connectivity index is 1.68. The monoisotopic (exact) mass is 290 g/mol. The van der Waals surface area contributed by atoms with E-state index in [4.69, 9.17) is 9.47 Å². The molecule has 0 spiro atoms. The highest BCUT2D eigenvalue weighted by Crippen LogP contribution is 2.29. The van der Waals surface area contributed by atoms with Crippen LogP contribution in [0, 0.1) is 0 Å². The van der Waals surface area contributed by atoms with E-state index in [0.29, 0.717) is 0 Å². The summed E-state index contributed by atoms with van der Waals surface area (Å²) >= 11 is 0. The number of fused-ring (bicyclic) bond motifs is 1. The van der Waals surface area contributed by atoms with Gasteiger partial charge in [-0.25, -0.2) is 0 Å². The summed E-state index contributed by atoms with van der Waals surface area (Å²) in [5.74, 6) is 0.917. The topological polar surface area (TPSA) is 60.7 Å². The Bertz CT molecular complexity index is 600. The molecule has 1 aliphatic rings. The smallest absolute Gasteiger partial charge is 0.160 e. The minimum atomic E-state index is 0.103. The third-order valence-electron chi connectivity index (χ3n) is 4.09. The van der Waals surface area contributed by atoms with E-state index in [1.165, 1.54) is 0 Å². The molecule has 1 N–H and O–H groups in total. The first-order chi connectivity index (χ1) is 10.2. The van der Waals surface area contributed by atoms with Gasteiger partial charge in [0.15, 0.2) is 11.5 Å². The van der Waals surface area contributed by atoms with Crippen molar-refractivity contribution < 1.29 is 9.47 Å². The molecule has 6 nitrogen and oxygen atoms in total. The van der Waals surface area contributed by atoms with Crippen molar-refractivity contribution in [2.75, 3.05) is 13.7 Å². The molecule has 6 heteroatoms. The zero-order valence-electron chi connectivity index (χ0n) is 12.7. The minimum absolute atomic E-state index is 0.103. The molecule has 0 aromatic carbocycles. The number of hydrogen-bond acceptors (Lipinski definition) is 5. The van der Waals surface area contributed by atoms with Crippen molar-refractivity contribution in [3.63, 3.8) is 0 Å². The normalized spacial score (nSPS) is 26.7. The van der Waals surface area contributed by atoms with Crippen molar-refractivity contribution in [2.24, 2.45) is 0 Å². The van der Waals surface area contributed by atoms with Gasteiger partial charge in [0.25, 0.3) is 0 Å². The number of pyridine rings is 1. The molecule has 0 bridgehead atoms. The first kappa shape index (κ1) is 14.4. The number of nitrogens with one attached hydrogen (secondary N) is 1. The van der Waals surface area contributed by atoms with Gasteiger partial charge < -0.3 is 14.8 Å². The van der Waals surface area contributed by atoms with Gasteiger partial charge in [0, 0.05) is 26.0 Å². The van der Waals surface area contributed by atoms with Gasteiger partial charge in [-0.15, -0.1) is 10.2 Å². The second-order valence-electron chi connectivity index (χ2n) is 5.41. The number of ether oxygens (including phenoxy) is 2. The SMILES string of the molecule is CCOC1CC(NC(C)c2nnc3ccccn23)C1OC. The summed E-state index contributed by atoms with van der Waals surface area (Å²) in [5.41, 5.74) is 0.866. The Morgan fingerprint density at radius 3 is 3.05 bits per heavy atom. The molecule has 1 saturated carbocycles. The van der Waals surface area contributed by atoms with Crippen LogP contribution in [0.5, 0.6) is 0 Å². The minimum Gasteiger partial charge on any atom is -0.377 e. The Morgan fingerprint density at radius 1 is 1.43 bits per heavy atom. The maximum absolute atomic E-state index is 5.66. The van der Waals surface area contributed by atoms with Crippen molar-refractivity contribution >= 4 is 5.65 Å². The van der Waals surface area contributed by atoms with E-state index in [2.05, 4.69) is 22.4 Å². The summed E-state index contributed by atoms with van der Waals surface area (Å²) in [6.45, 7) is 4.84. The fourth-order valence-electron chi connectivity index (χ4n) is 2.99. The highest BCUT2D eigenvalue weighted by Gasteiger charge is 2.42. The molecule has 2 aromatic heterocycles. The third kappa shape index (κ3) is 2.66. The molecule has 0 saturated heterocycles. The van der Waals surface area contributed by atoms with Crippen LogP contribution in [0.1, 0.15) is 32.1 Å². The maximum atomic E-state index is 5.66. The van der Waals surface area contributed by atoms with Crippen LogP contribution in [0.2, 0.25) is 0 Å². The Labute approximate surface area is 124 Å². The van der Waals surface area contributed by atoms with Crippen molar-refractivity contribution in [1.82, 2.24) is 19.9 Å². The van der Waals surface area contributed by atoms with Gasteiger partial charge in [-0.3, -0.25) is 4.40 Å². The average molecular weight is 290 g/mol. The summed E-state index contributed by atoms with van der Waals surface area (Å²) in [5, 5.41) is 12.1. The molecule has 21 heavy (non-hydrogen) atoms. The lowest BCUT2D eigenvalue weighted by Gasteiger charge is -2.44. The molecule has 0 aliphatic heterocycles. The summed E-state index contributed by atoms with van der Waals surface area (Å²) in [4.78, 5) is 0. The van der Waals surface area contributed by atoms with Crippen LogP contribution in [0.25, 0.3) is 5.65 Å². The van der Waals surface area contributed by atoms with Gasteiger partial charge >= 0.3 is 0 Å². The zero-order valence-corrected chi connectivity index (χ0v) is 12.7. The fourth-order valence-corrected chi connectivity index (χ4v) is 2.99. The average Bonchev–Trinajstić information content (AvgIpc) is 2.90. The molecular formula is C15H22N4O2. The molecule has 4 atom stereocenters. The summed E-state index contributed by atoms with van der Waals surface area (Å²) < 4.78 is 13.2. The van der Waals surface area contributed by atoms with Gasteiger partial charge in [0.2, 0.25) is 0 Å². The molecule has 114 valence electrons. The van der Waals surface area contributed by atoms with E-state index in [1.807, 2.05) is 35.7 Å². The molecule has 3 rings (SSSR count). The molecule has 0 amide bonds. The predicted molar refractivity (Wildman–Crippen MR) is 79.2 cm³/mol. The van der Waals surface area contributed by atoms with Crippen molar-refractivity contribution in [1.29, 1.82) is 0 Å². The van der Waals surface area contributed by atoms with Gasteiger partial charge in [0.1, 0.15) is 0 Å². The van der Waals surface area contributed by atoms with Crippen molar-refractivity contribution in [3.8, 4) is 0 Å². The summed E-state index contributed by atoms with van der Waals surface area (Å²) in [6.07, 6.45) is 3.25. The van der Waals surface area contributed by atoms with Crippen LogP contribution >= 0.6 is 0 Å². The first-order valence-electron chi connectivity index (χ1n) is 7.44. The highest BCUT2D eigenvalue weighted by molar-refractivity contribution is 5.37. The number of nitrogens with zero attached hydrogens (tertiary/aromatic N) is 3. The highest BCUT2D eigenvalue weighted by atomic mass is 16.5. The number of rotatable bonds is 6. The van der Waals surface area contributed by atoms with Gasteiger partial charge in [-0.05, 0) is 32.4 Å². The fraction of sp³-hybridized carbons (Fsp3) is 0.600. The lowest BCUT2D eigenvalue weighted by atomic mass is 9.84. The van der Waals surface area contributed by atoms with Crippen molar-refractivity contribution in [2.45, 2.75) is 44.6 Å². The molecule has 2 heterocycles. The number of methoxy groups -OCH3 is 1. The molecule has 2 aromatic rings. The van der Waals surface area contributed by atoms with Gasteiger partial charge in [-0.2, -0.15) is 0 Å². The quantitative estimate of drug-likeness (QED) is 0.875. The largest absolute Gasteiger partial charge is 0.377 e. The molecule has 1 aliphatic carbocycles. The predicted octanol–water partition coefficient (Wildman–Crippen LogP) is 1.57. The Hall–Kier alpha value is -1.50. The summed E-state index contributed by atoms with van der Waals surface area (Å²) in [6, 6.07) is 6.30. The van der Waals surface area contributed by atoms with E-state index in [0.717, 1.165) is 24.5 Å². The van der Waals surface area contributed by atoms with E-state index in [9.17, 15) is 0 Å². The van der Waals surface area contributed by atoms with Crippen LogP contribution in [0.15, 0.2) is 24.4 Å². The van der Waals surface area contributed by atoms with E-state index in [-0.39, 0.29) is 24.3 Å². The zero-order chi connectivity index (χ0) is 14.8. The van der Waals surface area contributed by atoms with Crippen LogP contribution in [-0.4, -0.2) is 46.6 Å². The third-order valence-corrected chi connectivity index (χ3v) is 4.09. The molecule has 4 unspecified atom stereocenters. The number of hydrogen-bond donors (Lipinski definition) is 1. The van der Waals surface area contributed by atoms with Crippen LogP contribution in [0.4, 0.5) is 0 Å². The molecular weight excluding hydrogens is 268 g/mol. The molecule has 1 fully saturated rings. The molecule has 0 radical (unpaired) electrons. The number of aromatic nitrogens is 3. The van der Waals surface area contributed by atoms with E-state index < -0.39 is 0 Å². The van der Waals surface area contributed by atoms with Crippen molar-refractivity contribution in [3.05, 3.63) is 30.2 Å². The van der Waals surface area contributed by atoms with E-state index in [1.54, 1.807) is 7.11 Å². The van der Waals surface area contributed by atoms with Gasteiger partial charge in [0.05, 0.1) is 18.2 Å². The first-order valence-corrected chi connectivity index (χ1v) is 7.44. The van der Waals surface area contributed by atoms with Crippen LogP contribution in [0.3, 0.4) is 0 Å². The van der Waals surface area contributed by atoms with Crippen LogP contribution in [-0.2, 0) is 9.47 Å². The summed E-state index contributed by atoms with van der Waals surface area (Å²) in [7, 11) is 1.74. The second-order valence-corrected chi connectivity index (χ2v) is 5.41. The Kier molecular flexibility index (Phi) is 4.19. The maximum Gasteiger partial charge on any atom is 0.160 e.